The molecule has 0 radical (unpaired) electrons. The quantitative estimate of drug-likeness (QED) is 0.535. The highest BCUT2D eigenvalue weighted by molar-refractivity contribution is 5.96. The van der Waals surface area contributed by atoms with Crippen molar-refractivity contribution in [1.82, 2.24) is 19.9 Å². The Morgan fingerprint density at radius 3 is 2.47 bits per heavy atom. The lowest BCUT2D eigenvalue weighted by atomic mass is 10.0. The minimum absolute atomic E-state index is 0.0483. The molecule has 4 aromatic rings. The Morgan fingerprint density at radius 2 is 1.75 bits per heavy atom. The summed E-state index contributed by atoms with van der Waals surface area (Å²) >= 11 is 0. The largest absolute Gasteiger partial charge is 0.378 e. The molecule has 0 spiro atoms. The second-order valence-electron chi connectivity index (χ2n) is 7.60. The summed E-state index contributed by atoms with van der Waals surface area (Å²) in [6.45, 7) is 2.47. The number of hydrogen-bond acceptors (Lipinski definition) is 6. The number of fused-ring (bicyclic) bond motifs is 1. The van der Waals surface area contributed by atoms with Crippen LogP contribution in [0.25, 0.3) is 33.4 Å². The molecule has 7 nitrogen and oxygen atoms in total. The van der Waals surface area contributed by atoms with E-state index in [1.54, 1.807) is 12.4 Å². The number of aromatic nitrogens is 3. The zero-order valence-corrected chi connectivity index (χ0v) is 17.8. The summed E-state index contributed by atoms with van der Waals surface area (Å²) in [5, 5.41) is 4.12. The van der Waals surface area contributed by atoms with Crippen molar-refractivity contribution < 1.29 is 9.53 Å². The van der Waals surface area contributed by atoms with Gasteiger partial charge in [0.25, 0.3) is 5.91 Å². The van der Waals surface area contributed by atoms with E-state index in [-0.39, 0.29) is 5.91 Å². The summed E-state index contributed by atoms with van der Waals surface area (Å²) in [4.78, 5) is 28.1. The Hall–Kier alpha value is -3.84. The van der Waals surface area contributed by atoms with Gasteiger partial charge in [0.2, 0.25) is 0 Å². The molecule has 0 saturated carbocycles. The van der Waals surface area contributed by atoms with Crippen LogP contribution in [-0.2, 0) is 4.74 Å². The van der Waals surface area contributed by atoms with Gasteiger partial charge in [0.15, 0.2) is 5.82 Å². The Kier molecular flexibility index (Phi) is 5.47. The van der Waals surface area contributed by atoms with Crippen LogP contribution in [0.2, 0.25) is 0 Å². The van der Waals surface area contributed by atoms with Crippen molar-refractivity contribution in [1.29, 1.82) is 0 Å². The average molecular weight is 425 g/mol. The van der Waals surface area contributed by atoms with Crippen molar-refractivity contribution in [3.8, 4) is 22.5 Å². The van der Waals surface area contributed by atoms with Crippen LogP contribution in [0.15, 0.2) is 67.0 Å². The number of hydrogen-bond donors (Lipinski definition) is 1. The van der Waals surface area contributed by atoms with Gasteiger partial charge in [0, 0.05) is 49.0 Å². The number of carbonyl (C=O) groups is 1. The summed E-state index contributed by atoms with van der Waals surface area (Å²) in [7, 11) is 1.85. The van der Waals surface area contributed by atoms with Crippen molar-refractivity contribution in [2.45, 2.75) is 0 Å². The molecule has 1 amide bonds. The van der Waals surface area contributed by atoms with Gasteiger partial charge in [-0.1, -0.05) is 18.2 Å². The van der Waals surface area contributed by atoms with Crippen LogP contribution in [0, 0.1) is 0 Å². The highest BCUT2D eigenvalue weighted by Gasteiger charge is 2.18. The summed E-state index contributed by atoms with van der Waals surface area (Å²) in [6.07, 6.45) is 3.49. The van der Waals surface area contributed by atoms with Gasteiger partial charge in [-0.25, -0.2) is 9.97 Å². The number of nitrogens with zero attached hydrogens (tertiary/aromatic N) is 4. The number of pyridine rings is 1. The molecule has 2 aromatic heterocycles. The van der Waals surface area contributed by atoms with Crippen molar-refractivity contribution in [3.63, 3.8) is 0 Å². The van der Waals surface area contributed by atoms with Gasteiger partial charge in [-0.3, -0.25) is 9.78 Å². The van der Waals surface area contributed by atoms with Crippen LogP contribution >= 0.6 is 0 Å². The van der Waals surface area contributed by atoms with Crippen LogP contribution in [0.4, 0.5) is 5.82 Å². The monoisotopic (exact) mass is 425 g/mol. The minimum atomic E-state index is 0.0483. The van der Waals surface area contributed by atoms with Crippen LogP contribution in [0.3, 0.4) is 0 Å². The first-order chi connectivity index (χ1) is 15.7. The topological polar surface area (TPSA) is 80.2 Å². The number of nitrogens with one attached hydrogen (secondary N) is 1. The van der Waals surface area contributed by atoms with Crippen LogP contribution in [0.1, 0.15) is 10.4 Å². The molecule has 0 unspecified atom stereocenters. The number of morpholine rings is 1. The van der Waals surface area contributed by atoms with Crippen molar-refractivity contribution >= 4 is 22.6 Å². The number of anilines is 1. The van der Waals surface area contributed by atoms with E-state index >= 15 is 0 Å². The molecular formula is C25H23N5O2. The van der Waals surface area contributed by atoms with E-state index in [4.69, 9.17) is 14.7 Å². The molecule has 1 aliphatic heterocycles. The second-order valence-corrected chi connectivity index (χ2v) is 7.60. The van der Waals surface area contributed by atoms with Crippen LogP contribution in [0.5, 0.6) is 0 Å². The number of rotatable bonds is 4. The number of benzene rings is 2. The minimum Gasteiger partial charge on any atom is -0.378 e. The first-order valence-electron chi connectivity index (χ1n) is 10.6. The van der Waals surface area contributed by atoms with Gasteiger partial charge in [-0.05, 0) is 47.5 Å². The molecule has 32 heavy (non-hydrogen) atoms. The average Bonchev–Trinajstić information content (AvgIpc) is 2.88. The van der Waals surface area contributed by atoms with Gasteiger partial charge >= 0.3 is 0 Å². The molecule has 7 heteroatoms. The highest BCUT2D eigenvalue weighted by Crippen LogP contribution is 2.29. The fraction of sp³-hybridized carbons (Fsp3) is 0.200. The molecule has 2 aromatic carbocycles. The van der Waals surface area contributed by atoms with E-state index in [9.17, 15) is 4.79 Å². The summed E-state index contributed by atoms with van der Waals surface area (Å²) in [6, 6.07) is 17.7. The Labute approximate surface area is 186 Å². The van der Waals surface area contributed by atoms with Gasteiger partial charge < -0.3 is 15.0 Å². The van der Waals surface area contributed by atoms with Crippen molar-refractivity contribution in [2.24, 2.45) is 0 Å². The van der Waals surface area contributed by atoms with E-state index in [1.807, 2.05) is 60.5 Å². The maximum atomic E-state index is 12.7. The zero-order valence-electron chi connectivity index (χ0n) is 17.8. The Morgan fingerprint density at radius 1 is 0.969 bits per heavy atom. The standard InChI is InChI=1S/C25H23N5O2/c1-26-24-21-15-19(8-9-22(21)28-23(29-24)20-3-2-10-27-16-20)17-4-6-18(7-5-17)25(31)30-11-13-32-14-12-30/h2-10,15-16H,11-14H2,1H3,(H,26,28,29). The molecule has 1 N–H and O–H groups in total. The second kappa shape index (κ2) is 8.72. The van der Waals surface area contributed by atoms with Crippen molar-refractivity contribution in [2.75, 3.05) is 38.7 Å². The maximum absolute atomic E-state index is 12.7. The third-order valence-corrected chi connectivity index (χ3v) is 5.62. The molecule has 1 aliphatic rings. The summed E-state index contributed by atoms with van der Waals surface area (Å²) in [5.41, 5.74) is 4.49. The number of carbonyl (C=O) groups excluding carboxylic acids is 1. The SMILES string of the molecule is CNc1nc(-c2cccnc2)nc2ccc(-c3ccc(C(=O)N4CCOCC4)cc3)cc12. The Bertz CT molecular complexity index is 1250. The lowest BCUT2D eigenvalue weighted by Gasteiger charge is -2.26. The highest BCUT2D eigenvalue weighted by atomic mass is 16.5. The van der Waals surface area contributed by atoms with Gasteiger partial charge in [-0.15, -0.1) is 0 Å². The molecule has 0 aliphatic carbocycles. The molecule has 1 fully saturated rings. The van der Waals surface area contributed by atoms with Gasteiger partial charge in [0.1, 0.15) is 5.82 Å². The van der Waals surface area contributed by atoms with Gasteiger partial charge in [0.05, 0.1) is 18.7 Å². The molecule has 3 heterocycles. The first kappa shape index (κ1) is 20.1. The Balaban J connectivity index is 1.46. The summed E-state index contributed by atoms with van der Waals surface area (Å²) < 4.78 is 5.34. The predicted molar refractivity (Wildman–Crippen MR) is 124 cm³/mol. The molecule has 0 atom stereocenters. The van der Waals surface area contributed by atoms with E-state index in [1.165, 1.54) is 0 Å². The lowest BCUT2D eigenvalue weighted by molar-refractivity contribution is 0.0303. The lowest BCUT2D eigenvalue weighted by Crippen LogP contribution is -2.40. The van der Waals surface area contributed by atoms with E-state index in [0.29, 0.717) is 37.7 Å². The number of ether oxygens (including phenoxy) is 1. The van der Waals surface area contributed by atoms with Crippen LogP contribution < -0.4 is 5.32 Å². The third-order valence-electron chi connectivity index (χ3n) is 5.62. The molecule has 1 saturated heterocycles. The first-order valence-corrected chi connectivity index (χ1v) is 10.6. The van der Waals surface area contributed by atoms with Gasteiger partial charge in [-0.2, -0.15) is 0 Å². The fourth-order valence-electron chi connectivity index (χ4n) is 3.88. The fourth-order valence-corrected chi connectivity index (χ4v) is 3.88. The maximum Gasteiger partial charge on any atom is 0.254 e. The van der Waals surface area contributed by atoms with E-state index in [0.717, 1.165) is 33.4 Å². The molecule has 5 rings (SSSR count). The third kappa shape index (κ3) is 3.90. The zero-order chi connectivity index (χ0) is 21.9. The van der Waals surface area contributed by atoms with Crippen LogP contribution in [-0.4, -0.2) is 59.1 Å². The smallest absolute Gasteiger partial charge is 0.254 e. The molecular weight excluding hydrogens is 402 g/mol. The van der Waals surface area contributed by atoms with E-state index < -0.39 is 0 Å². The summed E-state index contributed by atoms with van der Waals surface area (Å²) in [5.74, 6) is 1.44. The molecule has 160 valence electrons. The normalized spacial score (nSPS) is 13.8. The number of amides is 1. The van der Waals surface area contributed by atoms with E-state index in [2.05, 4.69) is 16.4 Å². The molecule has 0 bridgehead atoms. The van der Waals surface area contributed by atoms with Crippen molar-refractivity contribution in [3.05, 3.63) is 72.6 Å². The predicted octanol–water partition coefficient (Wildman–Crippen LogP) is 3.87.